The van der Waals surface area contributed by atoms with E-state index in [9.17, 15) is 9.59 Å². The summed E-state index contributed by atoms with van der Waals surface area (Å²) in [6, 6.07) is -0.366. The van der Waals surface area contributed by atoms with Gasteiger partial charge >= 0.3 is 6.09 Å². The van der Waals surface area contributed by atoms with Crippen molar-refractivity contribution in [3.05, 3.63) is 0 Å². The third-order valence-corrected chi connectivity index (χ3v) is 2.30. The third kappa shape index (κ3) is 3.20. The van der Waals surface area contributed by atoms with Crippen LogP contribution in [0.2, 0.25) is 0 Å². The van der Waals surface area contributed by atoms with Crippen molar-refractivity contribution >= 4 is 11.9 Å². The zero-order valence-electron chi connectivity index (χ0n) is 10.3. The molecule has 16 heavy (non-hydrogen) atoms. The fraction of sp³-hybridized carbons (Fsp3) is 0.818. The molecule has 0 radical (unpaired) electrons. The summed E-state index contributed by atoms with van der Waals surface area (Å²) >= 11 is 0. The van der Waals surface area contributed by atoms with Gasteiger partial charge in [-0.2, -0.15) is 0 Å². The minimum absolute atomic E-state index is 0.0721. The van der Waals surface area contributed by atoms with Crippen molar-refractivity contribution < 1.29 is 19.1 Å². The fourth-order valence-electron chi connectivity index (χ4n) is 1.50. The zero-order valence-corrected chi connectivity index (χ0v) is 10.3. The van der Waals surface area contributed by atoms with Gasteiger partial charge in [-0.3, -0.25) is 9.69 Å². The molecule has 92 valence electrons. The molecule has 0 N–H and O–H groups in total. The predicted octanol–water partition coefficient (Wildman–Crippen LogP) is 1.21. The molecule has 0 bridgehead atoms. The SMILES string of the molecule is COCCC1C(=O)CN1C(=O)OC(C)(C)C. The summed E-state index contributed by atoms with van der Waals surface area (Å²) in [6.07, 6.45) is 0.113. The lowest BCUT2D eigenvalue weighted by molar-refractivity contribution is -0.136. The number of Topliss-reactive ketones (excluding diaryl/α,β-unsaturated/α-hetero) is 1. The summed E-state index contributed by atoms with van der Waals surface area (Å²) in [7, 11) is 1.57. The molecule has 0 saturated carbocycles. The Hall–Kier alpha value is -1.10. The van der Waals surface area contributed by atoms with Gasteiger partial charge in [0.2, 0.25) is 0 Å². The van der Waals surface area contributed by atoms with Crippen LogP contribution in [0.3, 0.4) is 0 Å². The Kier molecular flexibility index (Phi) is 3.91. The number of nitrogens with zero attached hydrogens (tertiary/aromatic N) is 1. The normalized spacial score (nSPS) is 20.6. The maximum Gasteiger partial charge on any atom is 0.411 e. The van der Waals surface area contributed by atoms with Gasteiger partial charge in [-0.25, -0.2) is 4.79 Å². The van der Waals surface area contributed by atoms with Crippen LogP contribution in [0.15, 0.2) is 0 Å². The van der Waals surface area contributed by atoms with Crippen LogP contribution in [-0.2, 0) is 14.3 Å². The summed E-state index contributed by atoms with van der Waals surface area (Å²) in [5.74, 6) is 0.0721. The highest BCUT2D eigenvalue weighted by atomic mass is 16.6. The van der Waals surface area contributed by atoms with Gasteiger partial charge in [0, 0.05) is 13.7 Å². The fourth-order valence-corrected chi connectivity index (χ4v) is 1.50. The number of amides is 1. The molecule has 0 spiro atoms. The van der Waals surface area contributed by atoms with Crippen molar-refractivity contribution in [1.82, 2.24) is 4.90 Å². The number of carbonyl (C=O) groups is 2. The molecule has 5 nitrogen and oxygen atoms in total. The molecule has 0 aromatic heterocycles. The lowest BCUT2D eigenvalue weighted by Crippen LogP contribution is -2.60. The molecule has 1 aliphatic heterocycles. The Morgan fingerprint density at radius 1 is 1.50 bits per heavy atom. The van der Waals surface area contributed by atoms with Gasteiger partial charge in [-0.05, 0) is 27.2 Å². The summed E-state index contributed by atoms with van der Waals surface area (Å²) in [6.45, 7) is 6.03. The van der Waals surface area contributed by atoms with Crippen molar-refractivity contribution in [2.75, 3.05) is 20.3 Å². The van der Waals surface area contributed by atoms with Crippen molar-refractivity contribution in [2.24, 2.45) is 0 Å². The molecule has 1 fully saturated rings. The van der Waals surface area contributed by atoms with E-state index in [2.05, 4.69) is 0 Å². The molecule has 1 saturated heterocycles. The highest BCUT2D eigenvalue weighted by Gasteiger charge is 2.42. The molecule has 1 unspecified atom stereocenters. The van der Waals surface area contributed by atoms with Crippen molar-refractivity contribution in [2.45, 2.75) is 38.8 Å². The van der Waals surface area contributed by atoms with E-state index in [0.717, 1.165) is 0 Å². The first-order valence-corrected chi connectivity index (χ1v) is 5.36. The highest BCUT2D eigenvalue weighted by molar-refractivity contribution is 5.97. The van der Waals surface area contributed by atoms with E-state index < -0.39 is 11.7 Å². The second kappa shape index (κ2) is 4.82. The number of hydrogen-bond acceptors (Lipinski definition) is 4. The number of rotatable bonds is 3. The first-order chi connectivity index (χ1) is 7.35. The van der Waals surface area contributed by atoms with E-state index in [-0.39, 0.29) is 18.4 Å². The van der Waals surface area contributed by atoms with E-state index in [4.69, 9.17) is 9.47 Å². The lowest BCUT2D eigenvalue weighted by Gasteiger charge is -2.39. The first kappa shape index (κ1) is 13.0. The number of ketones is 1. The molecule has 0 aromatic carbocycles. The summed E-state index contributed by atoms with van der Waals surface area (Å²) in [5, 5.41) is 0. The average molecular weight is 229 g/mol. The number of ether oxygens (including phenoxy) is 2. The Morgan fingerprint density at radius 2 is 2.12 bits per heavy atom. The first-order valence-electron chi connectivity index (χ1n) is 5.36. The maximum atomic E-state index is 11.7. The Morgan fingerprint density at radius 3 is 2.56 bits per heavy atom. The van der Waals surface area contributed by atoms with Crippen LogP contribution in [-0.4, -0.2) is 48.7 Å². The van der Waals surface area contributed by atoms with Crippen molar-refractivity contribution in [3.63, 3.8) is 0 Å². The topological polar surface area (TPSA) is 55.8 Å². The van der Waals surface area contributed by atoms with Crippen LogP contribution in [0.4, 0.5) is 4.79 Å². The minimum Gasteiger partial charge on any atom is -0.444 e. The second-order valence-electron chi connectivity index (χ2n) is 4.87. The Labute approximate surface area is 95.7 Å². The van der Waals surface area contributed by atoms with Crippen LogP contribution in [0.5, 0.6) is 0 Å². The molecule has 0 aliphatic carbocycles. The second-order valence-corrected chi connectivity index (χ2v) is 4.87. The molecule has 5 heteroatoms. The van der Waals surface area contributed by atoms with Crippen LogP contribution < -0.4 is 0 Å². The Bertz CT molecular complexity index is 282. The van der Waals surface area contributed by atoms with E-state index in [1.165, 1.54) is 4.90 Å². The van der Waals surface area contributed by atoms with Gasteiger partial charge < -0.3 is 9.47 Å². The largest absolute Gasteiger partial charge is 0.444 e. The smallest absolute Gasteiger partial charge is 0.411 e. The van der Waals surface area contributed by atoms with Gasteiger partial charge in [0.15, 0.2) is 5.78 Å². The van der Waals surface area contributed by atoms with Gasteiger partial charge in [-0.15, -0.1) is 0 Å². The minimum atomic E-state index is -0.526. The summed E-state index contributed by atoms with van der Waals surface area (Å²) < 4.78 is 10.1. The van der Waals surface area contributed by atoms with Crippen molar-refractivity contribution in [1.29, 1.82) is 0 Å². The van der Waals surface area contributed by atoms with Crippen LogP contribution in [0.1, 0.15) is 27.2 Å². The third-order valence-electron chi connectivity index (χ3n) is 2.30. The molecule has 0 aromatic rings. The summed E-state index contributed by atoms with van der Waals surface area (Å²) in [4.78, 5) is 24.4. The van der Waals surface area contributed by atoms with Gasteiger partial charge in [0.1, 0.15) is 5.60 Å². The molecule has 1 rings (SSSR count). The van der Waals surface area contributed by atoms with Crippen molar-refractivity contribution in [3.8, 4) is 0 Å². The monoisotopic (exact) mass is 229 g/mol. The van der Waals surface area contributed by atoms with Gasteiger partial charge in [0.05, 0.1) is 12.6 Å². The average Bonchev–Trinajstić information content (AvgIpc) is 2.11. The van der Waals surface area contributed by atoms with E-state index in [0.29, 0.717) is 13.0 Å². The van der Waals surface area contributed by atoms with E-state index in [1.807, 2.05) is 0 Å². The highest BCUT2D eigenvalue weighted by Crippen LogP contribution is 2.20. The number of likely N-dealkylation sites (tertiary alicyclic amines) is 1. The number of hydrogen-bond donors (Lipinski definition) is 0. The molecule has 1 heterocycles. The Balaban J connectivity index is 2.48. The standard InChI is InChI=1S/C11H19NO4/c1-11(2,3)16-10(14)12-7-9(13)8(12)5-6-15-4/h8H,5-7H2,1-4H3. The van der Waals surface area contributed by atoms with Crippen LogP contribution >= 0.6 is 0 Å². The van der Waals surface area contributed by atoms with Gasteiger partial charge in [-0.1, -0.05) is 0 Å². The van der Waals surface area contributed by atoms with Crippen LogP contribution in [0.25, 0.3) is 0 Å². The van der Waals surface area contributed by atoms with E-state index >= 15 is 0 Å². The molecule has 1 amide bonds. The summed E-state index contributed by atoms with van der Waals surface area (Å²) in [5.41, 5.74) is -0.526. The van der Waals surface area contributed by atoms with Gasteiger partial charge in [0.25, 0.3) is 0 Å². The molecular weight excluding hydrogens is 210 g/mol. The lowest BCUT2D eigenvalue weighted by atomic mass is 9.99. The van der Waals surface area contributed by atoms with E-state index in [1.54, 1.807) is 27.9 Å². The predicted molar refractivity (Wildman–Crippen MR) is 58.2 cm³/mol. The quantitative estimate of drug-likeness (QED) is 0.730. The maximum absolute atomic E-state index is 11.7. The molecule has 1 aliphatic rings. The number of carbonyl (C=O) groups excluding carboxylic acids is 2. The molecular formula is C11H19NO4. The molecule has 1 atom stereocenters. The zero-order chi connectivity index (χ0) is 12.3. The van der Waals surface area contributed by atoms with Crippen LogP contribution in [0, 0.1) is 0 Å². The number of methoxy groups -OCH3 is 1.